The zero-order valence-electron chi connectivity index (χ0n) is 20.9. The van der Waals surface area contributed by atoms with Crippen molar-refractivity contribution < 1.29 is 17.9 Å². The van der Waals surface area contributed by atoms with Gasteiger partial charge in [-0.15, -0.1) is 0 Å². The van der Waals surface area contributed by atoms with Gasteiger partial charge in [0.25, 0.3) is 5.56 Å². The fourth-order valence-electron chi connectivity index (χ4n) is 5.01. The minimum Gasteiger partial charge on any atom is -0.492 e. The maximum Gasteiger partial charge on any atom is 0.330 e. The van der Waals surface area contributed by atoms with Crippen LogP contribution in [-0.2, 0) is 35.3 Å². The van der Waals surface area contributed by atoms with Crippen LogP contribution >= 0.6 is 0 Å². The van der Waals surface area contributed by atoms with E-state index in [1.807, 2.05) is 29.2 Å². The lowest BCUT2D eigenvalue weighted by atomic mass is 9.95. The number of carbonyl (C=O) groups excluding carboxylic acids is 1. The summed E-state index contributed by atoms with van der Waals surface area (Å²) >= 11 is 0. The molecular weight excluding hydrogens is 484 g/mol. The SMILES string of the molecule is Cn1cc(S(=O)(=O)N2CCCC(=O)N3CCCCC3CCc3cccc(c3)OCC2)c(=O)n(C)c1=O. The first-order valence-electron chi connectivity index (χ1n) is 12.5. The van der Waals surface area contributed by atoms with Crippen LogP contribution in [0.25, 0.3) is 0 Å². The lowest BCUT2D eigenvalue weighted by Crippen LogP contribution is -2.45. The quantitative estimate of drug-likeness (QED) is 0.592. The normalized spacial score (nSPS) is 20.7. The summed E-state index contributed by atoms with van der Waals surface area (Å²) in [5.41, 5.74) is -0.380. The van der Waals surface area contributed by atoms with Crippen LogP contribution in [0.5, 0.6) is 5.75 Å². The van der Waals surface area contributed by atoms with Crippen LogP contribution in [-0.4, -0.2) is 64.9 Å². The van der Waals surface area contributed by atoms with E-state index in [-0.39, 0.29) is 38.1 Å². The van der Waals surface area contributed by atoms with Crippen LogP contribution < -0.4 is 16.0 Å². The standard InChI is InChI=1S/C25H34N4O6S/c1-26-18-22(24(31)27(2)25(26)32)36(33,34)28-13-6-10-23(30)29-14-4-3-8-20(29)12-11-19-7-5-9-21(17-19)35-16-15-28/h5,7,9,17-18,20H,3-4,6,8,10-16H2,1-2H3. The number of benzene rings is 1. The van der Waals surface area contributed by atoms with E-state index in [1.165, 1.54) is 18.4 Å². The van der Waals surface area contributed by atoms with Gasteiger partial charge < -0.3 is 14.2 Å². The van der Waals surface area contributed by atoms with Gasteiger partial charge in [0.1, 0.15) is 12.4 Å². The second kappa shape index (κ2) is 11.0. The van der Waals surface area contributed by atoms with Gasteiger partial charge in [0.05, 0.1) is 0 Å². The fraction of sp³-hybridized carbons (Fsp3) is 0.560. The highest BCUT2D eigenvalue weighted by Gasteiger charge is 2.30. The molecule has 1 unspecified atom stereocenters. The van der Waals surface area contributed by atoms with Gasteiger partial charge in [-0.05, 0) is 56.2 Å². The van der Waals surface area contributed by atoms with E-state index in [9.17, 15) is 22.8 Å². The summed E-state index contributed by atoms with van der Waals surface area (Å²) in [6, 6.07) is 7.91. The highest BCUT2D eigenvalue weighted by Crippen LogP contribution is 2.24. The number of rotatable bonds is 2. The highest BCUT2D eigenvalue weighted by molar-refractivity contribution is 7.89. The molecule has 4 rings (SSSR count). The molecule has 2 bridgehead atoms. The van der Waals surface area contributed by atoms with Gasteiger partial charge in [-0.1, -0.05) is 12.1 Å². The van der Waals surface area contributed by atoms with E-state index in [1.54, 1.807) is 0 Å². The van der Waals surface area contributed by atoms with Crippen LogP contribution in [0.3, 0.4) is 0 Å². The monoisotopic (exact) mass is 518 g/mol. The molecule has 2 aliphatic heterocycles. The molecule has 3 heterocycles. The van der Waals surface area contributed by atoms with E-state index >= 15 is 0 Å². The highest BCUT2D eigenvalue weighted by atomic mass is 32.2. The number of carbonyl (C=O) groups is 1. The van der Waals surface area contributed by atoms with Crippen molar-refractivity contribution in [3.05, 3.63) is 56.9 Å². The smallest absolute Gasteiger partial charge is 0.330 e. The van der Waals surface area contributed by atoms with Crippen LogP contribution in [0.4, 0.5) is 0 Å². The van der Waals surface area contributed by atoms with Crippen molar-refractivity contribution in [2.75, 3.05) is 26.2 Å². The van der Waals surface area contributed by atoms with E-state index in [2.05, 4.69) is 0 Å². The zero-order chi connectivity index (χ0) is 25.9. The number of amides is 1. The second-order valence-corrected chi connectivity index (χ2v) is 11.4. The Morgan fingerprint density at radius 2 is 1.75 bits per heavy atom. The van der Waals surface area contributed by atoms with E-state index in [0.717, 1.165) is 59.5 Å². The Morgan fingerprint density at radius 1 is 0.944 bits per heavy atom. The van der Waals surface area contributed by atoms with Crippen molar-refractivity contribution in [2.24, 2.45) is 14.1 Å². The van der Waals surface area contributed by atoms with Gasteiger partial charge in [0, 0.05) is 52.4 Å². The summed E-state index contributed by atoms with van der Waals surface area (Å²) in [5.74, 6) is 0.685. The van der Waals surface area contributed by atoms with Gasteiger partial charge in [0.2, 0.25) is 15.9 Å². The molecule has 1 amide bonds. The van der Waals surface area contributed by atoms with Crippen LogP contribution in [0.15, 0.2) is 44.9 Å². The molecule has 0 radical (unpaired) electrons. The Morgan fingerprint density at radius 3 is 2.56 bits per heavy atom. The molecule has 1 aromatic carbocycles. The van der Waals surface area contributed by atoms with Gasteiger partial charge >= 0.3 is 5.69 Å². The fourth-order valence-corrected chi connectivity index (χ4v) is 6.62. The summed E-state index contributed by atoms with van der Waals surface area (Å²) in [4.78, 5) is 39.4. The molecule has 196 valence electrons. The molecule has 2 aromatic rings. The predicted molar refractivity (Wildman–Crippen MR) is 135 cm³/mol. The Bertz CT molecular complexity index is 1330. The zero-order valence-corrected chi connectivity index (χ0v) is 21.7. The minimum atomic E-state index is -4.24. The first-order chi connectivity index (χ1) is 17.2. The number of piperidine rings is 1. The van der Waals surface area contributed by atoms with Gasteiger partial charge in [-0.25, -0.2) is 13.2 Å². The van der Waals surface area contributed by atoms with E-state index < -0.39 is 26.2 Å². The van der Waals surface area contributed by atoms with Crippen molar-refractivity contribution in [3.63, 3.8) is 0 Å². The Labute approximate surface area is 211 Å². The topological polar surface area (TPSA) is 111 Å². The first kappa shape index (κ1) is 26.2. The van der Waals surface area contributed by atoms with Crippen molar-refractivity contribution >= 4 is 15.9 Å². The molecule has 2 aliphatic rings. The van der Waals surface area contributed by atoms with Crippen LogP contribution in [0.2, 0.25) is 0 Å². The minimum absolute atomic E-state index is 0.000907. The van der Waals surface area contributed by atoms with Crippen molar-refractivity contribution in [2.45, 2.75) is 55.9 Å². The molecule has 1 saturated heterocycles. The number of aryl methyl sites for hydroxylation is 2. The van der Waals surface area contributed by atoms with Crippen molar-refractivity contribution in [1.29, 1.82) is 0 Å². The summed E-state index contributed by atoms with van der Waals surface area (Å²) in [7, 11) is -1.59. The number of nitrogens with zero attached hydrogens (tertiary/aromatic N) is 4. The molecule has 1 atom stereocenters. The summed E-state index contributed by atoms with van der Waals surface area (Å²) in [6.07, 6.45) is 6.36. The van der Waals surface area contributed by atoms with Crippen molar-refractivity contribution in [3.8, 4) is 5.75 Å². The number of sulfonamides is 1. The number of hydrogen-bond donors (Lipinski definition) is 0. The average Bonchev–Trinajstić information content (AvgIpc) is 2.87. The molecule has 1 aromatic heterocycles. The van der Waals surface area contributed by atoms with Crippen LogP contribution in [0.1, 0.15) is 44.1 Å². The lowest BCUT2D eigenvalue weighted by Gasteiger charge is -2.36. The number of ether oxygens (including phenoxy) is 1. The summed E-state index contributed by atoms with van der Waals surface area (Å²) in [5, 5.41) is 0. The van der Waals surface area contributed by atoms with Crippen LogP contribution in [0, 0.1) is 0 Å². The van der Waals surface area contributed by atoms with E-state index in [4.69, 9.17) is 4.74 Å². The molecular formula is C25H34N4O6S. The number of aromatic nitrogens is 2. The maximum absolute atomic E-state index is 13.6. The van der Waals surface area contributed by atoms with Gasteiger partial charge in [-0.3, -0.25) is 14.2 Å². The van der Waals surface area contributed by atoms with Gasteiger partial charge in [0.15, 0.2) is 4.90 Å². The molecule has 0 spiro atoms. The molecule has 10 nitrogen and oxygen atoms in total. The number of fused-ring (bicyclic) bond motifs is 3. The van der Waals surface area contributed by atoms with Crippen molar-refractivity contribution in [1.82, 2.24) is 18.3 Å². The molecule has 11 heteroatoms. The average molecular weight is 519 g/mol. The molecule has 36 heavy (non-hydrogen) atoms. The largest absolute Gasteiger partial charge is 0.492 e. The molecule has 1 fully saturated rings. The third-order valence-corrected chi connectivity index (χ3v) is 8.93. The number of hydrogen-bond acceptors (Lipinski definition) is 6. The third kappa shape index (κ3) is 5.57. The van der Waals surface area contributed by atoms with Gasteiger partial charge in [-0.2, -0.15) is 4.31 Å². The maximum atomic E-state index is 13.6. The first-order valence-corrected chi connectivity index (χ1v) is 13.9. The second-order valence-electron chi connectivity index (χ2n) is 9.53. The predicted octanol–water partition coefficient (Wildman–Crippen LogP) is 1.26. The Balaban J connectivity index is 1.64. The Kier molecular flexibility index (Phi) is 7.99. The Hall–Kier alpha value is -2.92. The lowest BCUT2D eigenvalue weighted by molar-refractivity contribution is -0.135. The molecule has 0 saturated carbocycles. The molecule has 0 N–H and O–H groups in total. The third-order valence-electron chi connectivity index (χ3n) is 7.05. The molecule has 0 aliphatic carbocycles. The summed E-state index contributed by atoms with van der Waals surface area (Å²) < 4.78 is 36.0. The van der Waals surface area contributed by atoms with E-state index in [0.29, 0.717) is 12.2 Å². The summed E-state index contributed by atoms with van der Waals surface area (Å²) in [6.45, 7) is 0.862.